The molecule has 5 heteroatoms. The number of esters is 2. The predicted octanol–water partition coefficient (Wildman–Crippen LogP) is 14.6. The Kier molecular flexibility index (Phi) is 41.4. The van der Waals surface area contributed by atoms with Crippen LogP contribution in [0.2, 0.25) is 0 Å². The molecule has 0 aliphatic heterocycles. The Balaban J connectivity index is 4.02. The van der Waals surface area contributed by atoms with Gasteiger partial charge in [0.25, 0.3) is 0 Å². The van der Waals surface area contributed by atoms with Gasteiger partial charge < -0.3 is 14.2 Å². The molecule has 0 N–H and O–H groups in total. The zero-order valence-electron chi connectivity index (χ0n) is 34.2. The third-order valence-electron chi connectivity index (χ3n) is 10.1. The van der Waals surface area contributed by atoms with Crippen molar-refractivity contribution in [3.63, 3.8) is 0 Å². The van der Waals surface area contributed by atoms with Crippen LogP contribution in [0.3, 0.4) is 0 Å². The van der Waals surface area contributed by atoms with Crippen LogP contribution in [0, 0.1) is 0 Å². The molecule has 0 spiro atoms. The van der Waals surface area contributed by atoms with Crippen molar-refractivity contribution in [2.45, 2.75) is 258 Å². The predicted molar refractivity (Wildman–Crippen MR) is 215 cm³/mol. The zero-order valence-corrected chi connectivity index (χ0v) is 34.2. The summed E-state index contributed by atoms with van der Waals surface area (Å²) in [6.45, 7) is 7.83. The second kappa shape index (κ2) is 42.3. The van der Waals surface area contributed by atoms with Crippen LogP contribution in [0.25, 0.3) is 0 Å². The summed E-state index contributed by atoms with van der Waals surface area (Å²) in [6.07, 6.45) is 43.9. The Hall–Kier alpha value is -1.10. The summed E-state index contributed by atoms with van der Waals surface area (Å²) in [5.41, 5.74) is 0. The molecule has 0 aromatic carbocycles. The minimum atomic E-state index is -0.519. The quantitative estimate of drug-likeness (QED) is 0.0466. The topological polar surface area (TPSA) is 61.8 Å². The lowest BCUT2D eigenvalue weighted by Gasteiger charge is -2.18. The van der Waals surface area contributed by atoms with Crippen molar-refractivity contribution in [1.82, 2.24) is 0 Å². The van der Waals surface area contributed by atoms with Gasteiger partial charge in [-0.15, -0.1) is 0 Å². The van der Waals surface area contributed by atoms with Crippen LogP contribution in [-0.4, -0.2) is 37.9 Å². The second-order valence-corrected chi connectivity index (χ2v) is 15.3. The number of ether oxygens (including phenoxy) is 3. The lowest BCUT2D eigenvalue weighted by molar-refractivity contribution is -0.163. The van der Waals surface area contributed by atoms with Gasteiger partial charge >= 0.3 is 11.9 Å². The summed E-state index contributed by atoms with van der Waals surface area (Å²) >= 11 is 0. The van der Waals surface area contributed by atoms with E-state index in [9.17, 15) is 9.59 Å². The number of carbonyl (C=O) groups is 2. The highest BCUT2D eigenvalue weighted by Crippen LogP contribution is 2.16. The smallest absolute Gasteiger partial charge is 0.306 e. The molecule has 0 saturated heterocycles. The number of hydrogen-bond acceptors (Lipinski definition) is 5. The summed E-state index contributed by atoms with van der Waals surface area (Å²) in [6, 6.07) is 0. The summed E-state index contributed by atoms with van der Waals surface area (Å²) in [5, 5.41) is 0. The van der Waals surface area contributed by atoms with Gasteiger partial charge in [-0.05, 0) is 19.3 Å². The Labute approximate surface area is 312 Å². The Morgan fingerprint density at radius 1 is 0.360 bits per heavy atom. The maximum atomic E-state index is 12.6. The number of hydrogen-bond donors (Lipinski definition) is 0. The molecule has 0 amide bonds. The lowest BCUT2D eigenvalue weighted by atomic mass is 10.0. The van der Waals surface area contributed by atoms with E-state index in [1.807, 2.05) is 0 Å². The van der Waals surface area contributed by atoms with Crippen molar-refractivity contribution in [1.29, 1.82) is 0 Å². The van der Waals surface area contributed by atoms with Crippen LogP contribution in [-0.2, 0) is 23.8 Å². The molecule has 0 radical (unpaired) electrons. The van der Waals surface area contributed by atoms with Crippen molar-refractivity contribution in [3.8, 4) is 0 Å². The van der Waals surface area contributed by atoms with E-state index in [4.69, 9.17) is 14.2 Å². The standard InChI is InChI=1S/C45H88O5/c1-4-7-10-13-16-18-20-21-22-23-24-25-27-28-30-32-35-38-44(46)49-42-43(41-48-40-37-34-15-12-9-6-3)50-45(47)39-36-33-31-29-26-19-17-14-11-8-5-2/h43H,4-42H2,1-3H3. The van der Waals surface area contributed by atoms with Crippen LogP contribution >= 0.6 is 0 Å². The fourth-order valence-corrected chi connectivity index (χ4v) is 6.75. The van der Waals surface area contributed by atoms with E-state index in [0.717, 1.165) is 38.5 Å². The molecule has 0 heterocycles. The van der Waals surface area contributed by atoms with Gasteiger partial charge in [-0.2, -0.15) is 0 Å². The van der Waals surface area contributed by atoms with Crippen LogP contribution in [0.1, 0.15) is 252 Å². The lowest BCUT2D eigenvalue weighted by Crippen LogP contribution is -2.30. The Morgan fingerprint density at radius 3 is 1.02 bits per heavy atom. The summed E-state index contributed by atoms with van der Waals surface area (Å²) in [7, 11) is 0. The van der Waals surface area contributed by atoms with Gasteiger partial charge in [0.15, 0.2) is 6.10 Å². The van der Waals surface area contributed by atoms with Gasteiger partial charge in [-0.1, -0.05) is 220 Å². The highest BCUT2D eigenvalue weighted by atomic mass is 16.6. The van der Waals surface area contributed by atoms with Crippen LogP contribution < -0.4 is 0 Å². The average molecular weight is 709 g/mol. The minimum absolute atomic E-state index is 0.0955. The van der Waals surface area contributed by atoms with E-state index in [2.05, 4.69) is 20.8 Å². The summed E-state index contributed by atoms with van der Waals surface area (Å²) < 4.78 is 17.2. The zero-order chi connectivity index (χ0) is 36.4. The summed E-state index contributed by atoms with van der Waals surface area (Å²) in [4.78, 5) is 25.1. The van der Waals surface area contributed by atoms with Crippen LogP contribution in [0.4, 0.5) is 0 Å². The number of unbranched alkanes of at least 4 members (excludes halogenated alkanes) is 31. The molecule has 0 aromatic rings. The molecule has 5 nitrogen and oxygen atoms in total. The molecule has 0 aliphatic carbocycles. The van der Waals surface area contributed by atoms with Crippen LogP contribution in [0.5, 0.6) is 0 Å². The van der Waals surface area contributed by atoms with Crippen molar-refractivity contribution >= 4 is 11.9 Å². The number of carbonyl (C=O) groups excluding carboxylic acids is 2. The maximum absolute atomic E-state index is 12.6. The van der Waals surface area contributed by atoms with E-state index in [1.54, 1.807) is 0 Å². The molecule has 0 fully saturated rings. The highest BCUT2D eigenvalue weighted by molar-refractivity contribution is 5.70. The van der Waals surface area contributed by atoms with E-state index in [1.165, 1.54) is 180 Å². The van der Waals surface area contributed by atoms with Gasteiger partial charge in [-0.25, -0.2) is 0 Å². The first kappa shape index (κ1) is 48.9. The normalized spacial score (nSPS) is 12.0. The molecule has 298 valence electrons. The second-order valence-electron chi connectivity index (χ2n) is 15.3. The highest BCUT2D eigenvalue weighted by Gasteiger charge is 2.17. The molecule has 0 bridgehead atoms. The van der Waals surface area contributed by atoms with Gasteiger partial charge in [0.05, 0.1) is 6.61 Å². The van der Waals surface area contributed by atoms with Gasteiger partial charge in [0, 0.05) is 19.4 Å². The van der Waals surface area contributed by atoms with Crippen molar-refractivity contribution in [3.05, 3.63) is 0 Å². The van der Waals surface area contributed by atoms with Gasteiger partial charge in [0.2, 0.25) is 0 Å². The molecule has 0 aromatic heterocycles. The molecule has 1 unspecified atom stereocenters. The van der Waals surface area contributed by atoms with E-state index >= 15 is 0 Å². The molecular formula is C45H88O5. The molecule has 0 aliphatic rings. The minimum Gasteiger partial charge on any atom is -0.462 e. The molecular weight excluding hydrogens is 620 g/mol. The molecule has 0 saturated carbocycles. The monoisotopic (exact) mass is 709 g/mol. The van der Waals surface area contributed by atoms with Crippen LogP contribution in [0.15, 0.2) is 0 Å². The van der Waals surface area contributed by atoms with Crippen molar-refractivity contribution in [2.24, 2.45) is 0 Å². The first-order valence-corrected chi connectivity index (χ1v) is 22.6. The van der Waals surface area contributed by atoms with Crippen molar-refractivity contribution < 1.29 is 23.8 Å². The van der Waals surface area contributed by atoms with Crippen molar-refractivity contribution in [2.75, 3.05) is 19.8 Å². The third-order valence-corrected chi connectivity index (χ3v) is 10.1. The maximum Gasteiger partial charge on any atom is 0.306 e. The third kappa shape index (κ3) is 39.7. The van der Waals surface area contributed by atoms with E-state index < -0.39 is 6.10 Å². The fraction of sp³-hybridized carbons (Fsp3) is 0.956. The number of rotatable bonds is 42. The van der Waals surface area contributed by atoms with Gasteiger partial charge in [-0.3, -0.25) is 9.59 Å². The van der Waals surface area contributed by atoms with Gasteiger partial charge in [0.1, 0.15) is 6.61 Å². The van der Waals surface area contributed by atoms with E-state index in [0.29, 0.717) is 26.1 Å². The average Bonchev–Trinajstić information content (AvgIpc) is 3.11. The first-order valence-electron chi connectivity index (χ1n) is 22.6. The Bertz CT molecular complexity index is 680. The SMILES string of the molecule is CCCCCCCCCCCCCCCCCCCC(=O)OCC(COCCCCCCCC)OC(=O)CCCCCCCCCCCCC. The van der Waals surface area contributed by atoms with E-state index in [-0.39, 0.29) is 18.5 Å². The molecule has 50 heavy (non-hydrogen) atoms. The summed E-state index contributed by atoms with van der Waals surface area (Å²) in [5.74, 6) is -0.383. The largest absolute Gasteiger partial charge is 0.462 e. The Morgan fingerprint density at radius 2 is 0.660 bits per heavy atom. The molecule has 0 rings (SSSR count). The fourth-order valence-electron chi connectivity index (χ4n) is 6.75. The first-order chi connectivity index (χ1) is 24.6. The molecule has 1 atom stereocenters.